The van der Waals surface area contributed by atoms with Crippen molar-refractivity contribution in [3.8, 4) is 0 Å². The van der Waals surface area contributed by atoms with Gasteiger partial charge in [-0.2, -0.15) is 0 Å². The number of aromatic nitrogens is 2. The summed E-state index contributed by atoms with van der Waals surface area (Å²) in [6.07, 6.45) is 5.81. The minimum absolute atomic E-state index is 0.570. The van der Waals surface area contributed by atoms with Crippen molar-refractivity contribution in [2.75, 3.05) is 31.5 Å². The number of piperidine rings is 1. The molecule has 3 aromatic rings. The average molecular weight is 418 g/mol. The molecule has 0 aliphatic carbocycles. The fourth-order valence-electron chi connectivity index (χ4n) is 4.76. The maximum atomic E-state index is 11.1. The quantitative estimate of drug-likeness (QED) is 0.665. The van der Waals surface area contributed by atoms with Crippen LogP contribution in [0.1, 0.15) is 24.0 Å². The number of anilines is 2. The summed E-state index contributed by atoms with van der Waals surface area (Å²) in [6, 6.07) is 12.3. The van der Waals surface area contributed by atoms with Crippen molar-refractivity contribution in [2.24, 2.45) is 5.92 Å². The Labute approximate surface area is 181 Å². The van der Waals surface area contributed by atoms with Crippen LogP contribution >= 0.6 is 0 Å². The smallest absolute Gasteiger partial charge is 0.407 e. The number of pyridine rings is 2. The van der Waals surface area contributed by atoms with Crippen LogP contribution in [0.3, 0.4) is 0 Å². The fraction of sp³-hybridized carbons (Fsp3) is 0.375. The number of rotatable bonds is 4. The minimum atomic E-state index is -0.792. The molecule has 1 saturated heterocycles. The standard InChI is InChI=1S/C24H27N5O2/c30-24(31)29-11-6-17(7-12-29)15-28-10-8-21-19(16-28)5-9-25-23(21)27-20-13-18-3-1-2-4-22(18)26-14-20/h1-5,9,13-14,17H,6-8,10-12,15-16H2,(H,25,27)(H,30,31). The number of benzene rings is 1. The summed E-state index contributed by atoms with van der Waals surface area (Å²) in [6.45, 7) is 4.27. The highest BCUT2D eigenvalue weighted by Crippen LogP contribution is 2.29. The molecule has 7 heteroatoms. The van der Waals surface area contributed by atoms with Gasteiger partial charge >= 0.3 is 6.09 Å². The van der Waals surface area contributed by atoms with Gasteiger partial charge in [-0.1, -0.05) is 18.2 Å². The van der Waals surface area contributed by atoms with Crippen molar-refractivity contribution in [2.45, 2.75) is 25.8 Å². The van der Waals surface area contributed by atoms with Gasteiger partial charge in [0.2, 0.25) is 0 Å². The first kappa shape index (κ1) is 19.8. The van der Waals surface area contributed by atoms with Crippen LogP contribution in [-0.4, -0.2) is 57.1 Å². The summed E-state index contributed by atoms with van der Waals surface area (Å²) >= 11 is 0. The van der Waals surface area contributed by atoms with E-state index in [1.807, 2.05) is 30.6 Å². The number of carbonyl (C=O) groups is 1. The molecule has 2 aliphatic heterocycles. The molecule has 0 radical (unpaired) electrons. The molecule has 5 rings (SSSR count). The van der Waals surface area contributed by atoms with E-state index in [2.05, 4.69) is 38.4 Å². The summed E-state index contributed by atoms with van der Waals surface area (Å²) in [5, 5.41) is 13.7. The maximum absolute atomic E-state index is 11.1. The molecule has 4 heterocycles. The molecule has 2 N–H and O–H groups in total. The number of amides is 1. The molecule has 1 amide bonds. The third-order valence-corrected chi connectivity index (χ3v) is 6.48. The lowest BCUT2D eigenvalue weighted by Gasteiger charge is -2.36. The van der Waals surface area contributed by atoms with Crippen LogP contribution in [0, 0.1) is 5.92 Å². The minimum Gasteiger partial charge on any atom is -0.465 e. The Morgan fingerprint density at radius 3 is 2.81 bits per heavy atom. The molecule has 2 aliphatic rings. The van der Waals surface area contributed by atoms with E-state index in [1.165, 1.54) is 16.0 Å². The van der Waals surface area contributed by atoms with Gasteiger partial charge < -0.3 is 15.3 Å². The SMILES string of the molecule is O=C(O)N1CCC(CN2CCc3c(ccnc3Nc3cnc4ccccc4c3)C2)CC1. The van der Waals surface area contributed by atoms with E-state index in [1.54, 1.807) is 0 Å². The van der Waals surface area contributed by atoms with Crippen LogP contribution in [0.4, 0.5) is 16.3 Å². The molecular formula is C24H27N5O2. The van der Waals surface area contributed by atoms with Crippen LogP contribution in [0.15, 0.2) is 48.8 Å². The number of fused-ring (bicyclic) bond motifs is 2. The number of carboxylic acid groups (broad SMARTS) is 1. The number of nitrogens with zero attached hydrogens (tertiary/aromatic N) is 4. The molecule has 1 fully saturated rings. The second kappa shape index (κ2) is 8.51. The van der Waals surface area contributed by atoms with Gasteiger partial charge in [0.1, 0.15) is 5.82 Å². The highest BCUT2D eigenvalue weighted by Gasteiger charge is 2.26. The van der Waals surface area contributed by atoms with E-state index < -0.39 is 6.09 Å². The second-order valence-corrected chi connectivity index (χ2v) is 8.54. The monoisotopic (exact) mass is 417 g/mol. The number of likely N-dealkylation sites (tertiary alicyclic amines) is 1. The Morgan fingerprint density at radius 1 is 1.13 bits per heavy atom. The molecule has 0 unspecified atom stereocenters. The van der Waals surface area contributed by atoms with Gasteiger partial charge in [-0.3, -0.25) is 9.88 Å². The number of hydrogen-bond donors (Lipinski definition) is 2. The summed E-state index contributed by atoms with van der Waals surface area (Å²) in [4.78, 5) is 24.3. The Bertz CT molecular complexity index is 1090. The lowest BCUT2D eigenvalue weighted by Crippen LogP contribution is -2.42. The van der Waals surface area contributed by atoms with Gasteiger partial charge in [0.15, 0.2) is 0 Å². The number of para-hydroxylation sites is 1. The van der Waals surface area contributed by atoms with E-state index >= 15 is 0 Å². The lowest BCUT2D eigenvalue weighted by atomic mass is 9.94. The maximum Gasteiger partial charge on any atom is 0.407 e. The van der Waals surface area contributed by atoms with E-state index in [0.717, 1.165) is 61.3 Å². The van der Waals surface area contributed by atoms with Crippen molar-refractivity contribution in [3.63, 3.8) is 0 Å². The lowest BCUT2D eigenvalue weighted by molar-refractivity contribution is 0.111. The molecule has 160 valence electrons. The number of hydrogen-bond acceptors (Lipinski definition) is 5. The zero-order valence-corrected chi connectivity index (χ0v) is 17.5. The average Bonchev–Trinajstić information content (AvgIpc) is 2.79. The summed E-state index contributed by atoms with van der Waals surface area (Å²) in [5.74, 6) is 1.49. The van der Waals surface area contributed by atoms with Crippen molar-refractivity contribution in [1.82, 2.24) is 19.8 Å². The molecule has 0 atom stereocenters. The zero-order valence-electron chi connectivity index (χ0n) is 17.5. The van der Waals surface area contributed by atoms with Crippen LogP contribution in [0.2, 0.25) is 0 Å². The molecule has 31 heavy (non-hydrogen) atoms. The molecule has 0 spiro atoms. The van der Waals surface area contributed by atoms with E-state index in [4.69, 9.17) is 5.11 Å². The summed E-state index contributed by atoms with van der Waals surface area (Å²) in [5.41, 5.74) is 4.54. The molecule has 1 aromatic carbocycles. The first-order valence-electron chi connectivity index (χ1n) is 10.9. The number of nitrogens with one attached hydrogen (secondary N) is 1. The Morgan fingerprint density at radius 2 is 1.97 bits per heavy atom. The van der Waals surface area contributed by atoms with Gasteiger partial charge in [0.25, 0.3) is 0 Å². The van der Waals surface area contributed by atoms with Crippen molar-refractivity contribution in [3.05, 3.63) is 59.9 Å². The largest absolute Gasteiger partial charge is 0.465 e. The fourth-order valence-corrected chi connectivity index (χ4v) is 4.76. The molecule has 0 bridgehead atoms. The van der Waals surface area contributed by atoms with Gasteiger partial charge in [-0.05, 0) is 48.9 Å². The Kier molecular flexibility index (Phi) is 5.42. The van der Waals surface area contributed by atoms with Crippen LogP contribution in [-0.2, 0) is 13.0 Å². The first-order chi connectivity index (χ1) is 15.2. The summed E-state index contributed by atoms with van der Waals surface area (Å²) < 4.78 is 0. The predicted octanol–water partition coefficient (Wildman–Crippen LogP) is 4.12. The normalized spacial score (nSPS) is 17.5. The predicted molar refractivity (Wildman–Crippen MR) is 121 cm³/mol. The molecule has 2 aromatic heterocycles. The molecule has 0 saturated carbocycles. The van der Waals surface area contributed by atoms with Crippen LogP contribution in [0.5, 0.6) is 0 Å². The van der Waals surface area contributed by atoms with Crippen molar-refractivity contribution in [1.29, 1.82) is 0 Å². The van der Waals surface area contributed by atoms with Crippen LogP contribution < -0.4 is 5.32 Å². The van der Waals surface area contributed by atoms with E-state index in [-0.39, 0.29) is 0 Å². The highest BCUT2D eigenvalue weighted by molar-refractivity contribution is 5.82. The van der Waals surface area contributed by atoms with Gasteiger partial charge in [-0.15, -0.1) is 0 Å². The van der Waals surface area contributed by atoms with Crippen molar-refractivity contribution < 1.29 is 9.90 Å². The topological polar surface area (TPSA) is 81.6 Å². The second-order valence-electron chi connectivity index (χ2n) is 8.54. The Balaban J connectivity index is 1.25. The third kappa shape index (κ3) is 4.32. The van der Waals surface area contributed by atoms with Crippen LogP contribution in [0.25, 0.3) is 10.9 Å². The van der Waals surface area contributed by atoms with Gasteiger partial charge in [-0.25, -0.2) is 9.78 Å². The third-order valence-electron chi connectivity index (χ3n) is 6.48. The van der Waals surface area contributed by atoms with Gasteiger partial charge in [0.05, 0.1) is 17.4 Å². The highest BCUT2D eigenvalue weighted by atomic mass is 16.4. The van der Waals surface area contributed by atoms with E-state index in [9.17, 15) is 4.79 Å². The van der Waals surface area contributed by atoms with E-state index in [0.29, 0.717) is 19.0 Å². The first-order valence-corrected chi connectivity index (χ1v) is 10.9. The summed E-state index contributed by atoms with van der Waals surface area (Å²) in [7, 11) is 0. The molecular weight excluding hydrogens is 390 g/mol. The van der Waals surface area contributed by atoms with Gasteiger partial charge in [0, 0.05) is 49.9 Å². The zero-order chi connectivity index (χ0) is 21.2. The van der Waals surface area contributed by atoms with Crippen molar-refractivity contribution >= 4 is 28.5 Å². The Hall–Kier alpha value is -3.19. The molecule has 7 nitrogen and oxygen atoms in total.